The summed E-state index contributed by atoms with van der Waals surface area (Å²) in [6.45, 7) is 3.72. The Morgan fingerprint density at radius 1 is 1.19 bits per heavy atom. The number of aryl methyl sites for hydroxylation is 2. The summed E-state index contributed by atoms with van der Waals surface area (Å²) in [5.41, 5.74) is 1.55. The Hall–Kier alpha value is -3.24. The molecule has 0 atom stereocenters. The number of aromatic nitrogens is 2. The normalized spacial score (nSPS) is 10.8. The molecule has 3 aromatic rings. The Morgan fingerprint density at radius 2 is 1.97 bits per heavy atom. The number of hydrogen-bond acceptors (Lipinski definition) is 8. The molecule has 31 heavy (non-hydrogen) atoms. The van der Waals surface area contributed by atoms with E-state index in [4.69, 9.17) is 14.2 Å². The highest BCUT2D eigenvalue weighted by Gasteiger charge is 2.21. The minimum atomic E-state index is -0.534. The van der Waals surface area contributed by atoms with Crippen LogP contribution in [0.3, 0.4) is 0 Å². The number of nitrogens with zero attached hydrogens (tertiary/aromatic N) is 2. The third kappa shape index (κ3) is 4.92. The second-order valence-electron chi connectivity index (χ2n) is 6.79. The van der Waals surface area contributed by atoms with Gasteiger partial charge in [0.1, 0.15) is 28.6 Å². The van der Waals surface area contributed by atoms with Crippen LogP contribution in [0, 0.1) is 13.8 Å². The number of hydrogen-bond donors (Lipinski definition) is 1. The molecule has 1 amide bonds. The number of carbonyl (C=O) groups is 2. The van der Waals surface area contributed by atoms with Crippen LogP contribution < -0.4 is 15.6 Å². The molecule has 0 aliphatic rings. The molecule has 0 saturated heterocycles. The summed E-state index contributed by atoms with van der Waals surface area (Å²) in [5.74, 6) is -0.419. The molecule has 3 rings (SSSR count). The Kier molecular flexibility index (Phi) is 7.03. The molecule has 164 valence electrons. The van der Waals surface area contributed by atoms with Crippen LogP contribution in [-0.4, -0.2) is 48.9 Å². The lowest BCUT2D eigenvalue weighted by Gasteiger charge is -2.11. The monoisotopic (exact) mass is 445 g/mol. The van der Waals surface area contributed by atoms with Gasteiger partial charge in [0, 0.05) is 7.11 Å². The second kappa shape index (κ2) is 9.71. The number of nitrogens with one attached hydrogen (secondary N) is 1. The van der Waals surface area contributed by atoms with Crippen molar-refractivity contribution in [3.63, 3.8) is 0 Å². The summed E-state index contributed by atoms with van der Waals surface area (Å²) in [6.07, 6.45) is 1.30. The van der Waals surface area contributed by atoms with E-state index in [0.717, 1.165) is 16.9 Å². The quantitative estimate of drug-likeness (QED) is 0.419. The van der Waals surface area contributed by atoms with E-state index in [9.17, 15) is 14.4 Å². The van der Waals surface area contributed by atoms with Gasteiger partial charge >= 0.3 is 5.97 Å². The van der Waals surface area contributed by atoms with Crippen LogP contribution >= 0.6 is 11.3 Å². The van der Waals surface area contributed by atoms with Gasteiger partial charge in [-0.2, -0.15) is 0 Å². The molecule has 1 N–H and O–H groups in total. The smallest absolute Gasteiger partial charge is 0.348 e. The summed E-state index contributed by atoms with van der Waals surface area (Å²) in [6, 6.07) is 5.41. The summed E-state index contributed by atoms with van der Waals surface area (Å²) < 4.78 is 16.5. The number of carbonyl (C=O) groups excluding carboxylic acids is 2. The van der Waals surface area contributed by atoms with Gasteiger partial charge in [0.05, 0.1) is 31.1 Å². The van der Waals surface area contributed by atoms with Crippen molar-refractivity contribution in [1.29, 1.82) is 0 Å². The van der Waals surface area contributed by atoms with E-state index in [1.165, 1.54) is 25.1 Å². The minimum absolute atomic E-state index is 0.114. The SMILES string of the molecule is COCCOC(=O)c1sc2ncn(CC(=O)Nc3cc(C)ccc3OC)c(=O)c2c1C. The summed E-state index contributed by atoms with van der Waals surface area (Å²) >= 11 is 1.08. The van der Waals surface area contributed by atoms with Gasteiger partial charge in [0.2, 0.25) is 5.91 Å². The highest BCUT2D eigenvalue weighted by molar-refractivity contribution is 7.20. The zero-order chi connectivity index (χ0) is 22.5. The van der Waals surface area contributed by atoms with Crippen LogP contribution in [-0.2, 0) is 20.8 Å². The van der Waals surface area contributed by atoms with Crippen LogP contribution in [0.1, 0.15) is 20.8 Å². The van der Waals surface area contributed by atoms with E-state index in [2.05, 4.69) is 10.3 Å². The van der Waals surface area contributed by atoms with E-state index < -0.39 is 17.4 Å². The Labute approximate surface area is 182 Å². The Balaban J connectivity index is 1.84. The molecule has 0 spiro atoms. The number of benzene rings is 1. The molecule has 10 heteroatoms. The van der Waals surface area contributed by atoms with Gasteiger partial charge in [-0.3, -0.25) is 14.2 Å². The van der Waals surface area contributed by atoms with E-state index in [-0.39, 0.29) is 19.8 Å². The lowest BCUT2D eigenvalue weighted by molar-refractivity contribution is -0.116. The summed E-state index contributed by atoms with van der Waals surface area (Å²) in [4.78, 5) is 42.8. The Bertz CT molecular complexity index is 1180. The maximum Gasteiger partial charge on any atom is 0.348 e. The van der Waals surface area contributed by atoms with Gasteiger partial charge in [0.25, 0.3) is 5.56 Å². The van der Waals surface area contributed by atoms with Gasteiger partial charge in [-0.05, 0) is 37.1 Å². The molecule has 9 nitrogen and oxygen atoms in total. The maximum absolute atomic E-state index is 13.0. The molecule has 0 unspecified atom stereocenters. The fraction of sp³-hybridized carbons (Fsp3) is 0.333. The predicted octanol–water partition coefficient (Wildman–Crippen LogP) is 2.53. The van der Waals surface area contributed by atoms with Crippen molar-refractivity contribution >= 4 is 39.1 Å². The van der Waals surface area contributed by atoms with Crippen molar-refractivity contribution in [3.8, 4) is 5.75 Å². The van der Waals surface area contributed by atoms with Crippen LogP contribution in [0.25, 0.3) is 10.2 Å². The zero-order valence-corrected chi connectivity index (χ0v) is 18.5. The number of thiophene rings is 1. The van der Waals surface area contributed by atoms with Gasteiger partial charge in [-0.25, -0.2) is 9.78 Å². The van der Waals surface area contributed by atoms with Crippen molar-refractivity contribution in [1.82, 2.24) is 9.55 Å². The Morgan fingerprint density at radius 3 is 2.68 bits per heavy atom. The molecule has 0 aliphatic heterocycles. The number of methoxy groups -OCH3 is 2. The molecular formula is C21H23N3O6S. The highest BCUT2D eigenvalue weighted by Crippen LogP contribution is 2.28. The number of fused-ring (bicyclic) bond motifs is 1. The fourth-order valence-electron chi connectivity index (χ4n) is 3.01. The molecule has 2 aromatic heterocycles. The van der Waals surface area contributed by atoms with Crippen molar-refractivity contribution < 1.29 is 23.8 Å². The third-order valence-corrected chi connectivity index (χ3v) is 5.75. The van der Waals surface area contributed by atoms with E-state index in [0.29, 0.717) is 32.1 Å². The minimum Gasteiger partial charge on any atom is -0.495 e. The van der Waals surface area contributed by atoms with Crippen molar-refractivity contribution in [3.05, 3.63) is 50.9 Å². The van der Waals surface area contributed by atoms with E-state index in [1.807, 2.05) is 13.0 Å². The predicted molar refractivity (Wildman–Crippen MR) is 117 cm³/mol. The summed E-state index contributed by atoms with van der Waals surface area (Å²) in [5, 5.41) is 3.06. The lowest BCUT2D eigenvalue weighted by Crippen LogP contribution is -2.28. The molecule has 0 saturated carbocycles. The zero-order valence-electron chi connectivity index (χ0n) is 17.7. The van der Waals surface area contributed by atoms with Crippen LogP contribution in [0.15, 0.2) is 29.3 Å². The molecule has 0 bridgehead atoms. The third-order valence-electron chi connectivity index (χ3n) is 4.57. The molecule has 1 aromatic carbocycles. The number of anilines is 1. The molecule has 2 heterocycles. The number of amides is 1. The first kappa shape index (κ1) is 22.4. The second-order valence-corrected chi connectivity index (χ2v) is 7.79. The summed E-state index contributed by atoms with van der Waals surface area (Å²) in [7, 11) is 3.02. The standard InChI is InChI=1S/C21H23N3O6S/c1-12-5-6-15(29-4)14(9-12)23-16(25)10-24-11-22-19-17(20(24)26)13(2)18(31-19)21(27)30-8-7-28-3/h5-6,9,11H,7-8,10H2,1-4H3,(H,23,25). The fourth-order valence-corrected chi connectivity index (χ4v) is 4.05. The highest BCUT2D eigenvalue weighted by atomic mass is 32.1. The van der Waals surface area contributed by atoms with Gasteiger partial charge in [-0.15, -0.1) is 11.3 Å². The van der Waals surface area contributed by atoms with Crippen molar-refractivity contribution in [2.75, 3.05) is 32.8 Å². The molecule has 0 fully saturated rings. The van der Waals surface area contributed by atoms with Gasteiger partial charge in [0.15, 0.2) is 0 Å². The molecular weight excluding hydrogens is 422 g/mol. The lowest BCUT2D eigenvalue weighted by atomic mass is 10.2. The van der Waals surface area contributed by atoms with E-state index >= 15 is 0 Å². The maximum atomic E-state index is 13.0. The first-order valence-electron chi connectivity index (χ1n) is 9.44. The van der Waals surface area contributed by atoms with Crippen molar-refractivity contribution in [2.24, 2.45) is 0 Å². The van der Waals surface area contributed by atoms with E-state index in [1.54, 1.807) is 19.1 Å². The van der Waals surface area contributed by atoms with Crippen LogP contribution in [0.5, 0.6) is 5.75 Å². The van der Waals surface area contributed by atoms with Crippen LogP contribution in [0.4, 0.5) is 5.69 Å². The topological polar surface area (TPSA) is 109 Å². The molecule has 0 aliphatic carbocycles. The number of rotatable bonds is 8. The average molecular weight is 445 g/mol. The first-order valence-corrected chi connectivity index (χ1v) is 10.3. The first-order chi connectivity index (χ1) is 14.8. The number of ether oxygens (including phenoxy) is 3. The largest absolute Gasteiger partial charge is 0.495 e. The molecule has 0 radical (unpaired) electrons. The van der Waals surface area contributed by atoms with Crippen LogP contribution in [0.2, 0.25) is 0 Å². The van der Waals surface area contributed by atoms with Gasteiger partial charge in [-0.1, -0.05) is 6.07 Å². The average Bonchev–Trinajstić information content (AvgIpc) is 3.07. The van der Waals surface area contributed by atoms with Crippen molar-refractivity contribution in [2.45, 2.75) is 20.4 Å². The van der Waals surface area contributed by atoms with Gasteiger partial charge < -0.3 is 19.5 Å². The number of esters is 1.